The fourth-order valence-corrected chi connectivity index (χ4v) is 2.70. The molecule has 2 heterocycles. The van der Waals surface area contributed by atoms with Gasteiger partial charge in [0.1, 0.15) is 0 Å². The van der Waals surface area contributed by atoms with Gasteiger partial charge in [-0.05, 0) is 32.3 Å². The van der Waals surface area contributed by atoms with E-state index in [4.69, 9.17) is 4.74 Å². The number of nitrogens with zero attached hydrogens (tertiary/aromatic N) is 4. The summed E-state index contributed by atoms with van der Waals surface area (Å²) in [5.74, 6) is 0.817. The zero-order valence-corrected chi connectivity index (χ0v) is 14.8. The van der Waals surface area contributed by atoms with Crippen LogP contribution in [0.2, 0.25) is 0 Å². The molecule has 0 atom stereocenters. The van der Waals surface area contributed by atoms with Crippen molar-refractivity contribution in [3.8, 4) is 0 Å². The fourth-order valence-electron chi connectivity index (χ4n) is 2.70. The molecule has 0 aliphatic carbocycles. The maximum absolute atomic E-state index is 11.5. The van der Waals surface area contributed by atoms with E-state index in [1.165, 1.54) is 7.11 Å². The van der Waals surface area contributed by atoms with E-state index in [9.17, 15) is 4.79 Å². The lowest BCUT2D eigenvalue weighted by Crippen LogP contribution is -2.49. The van der Waals surface area contributed by atoms with Crippen LogP contribution in [0.5, 0.6) is 0 Å². The molecule has 24 heavy (non-hydrogen) atoms. The van der Waals surface area contributed by atoms with E-state index in [0.29, 0.717) is 25.7 Å². The quantitative estimate of drug-likeness (QED) is 0.618. The predicted octanol–water partition coefficient (Wildman–Crippen LogP) is 0.977. The van der Waals surface area contributed by atoms with Gasteiger partial charge in [0.2, 0.25) is 0 Å². The van der Waals surface area contributed by atoms with Crippen molar-refractivity contribution >= 4 is 12.1 Å². The number of piperidine rings is 1. The van der Waals surface area contributed by atoms with Gasteiger partial charge in [-0.15, -0.1) is 0 Å². The highest BCUT2D eigenvalue weighted by Crippen LogP contribution is 2.11. The van der Waals surface area contributed by atoms with Crippen molar-refractivity contribution in [1.82, 2.24) is 25.3 Å². The van der Waals surface area contributed by atoms with Crippen molar-refractivity contribution in [2.24, 2.45) is 4.99 Å². The van der Waals surface area contributed by atoms with Gasteiger partial charge in [-0.2, -0.15) is 5.10 Å². The highest BCUT2D eigenvalue weighted by Gasteiger charge is 2.23. The zero-order chi connectivity index (χ0) is 17.4. The Labute approximate surface area is 143 Å². The van der Waals surface area contributed by atoms with Crippen LogP contribution in [0.4, 0.5) is 4.79 Å². The molecule has 1 aromatic heterocycles. The van der Waals surface area contributed by atoms with E-state index in [2.05, 4.69) is 20.7 Å². The van der Waals surface area contributed by atoms with Crippen molar-refractivity contribution in [3.63, 3.8) is 0 Å². The molecular formula is C16H28N6O2. The molecule has 0 saturated carbocycles. The van der Waals surface area contributed by atoms with Gasteiger partial charge in [-0.25, -0.2) is 4.79 Å². The summed E-state index contributed by atoms with van der Waals surface area (Å²) in [7, 11) is 1.42. The summed E-state index contributed by atoms with van der Waals surface area (Å²) in [5.41, 5.74) is 1.15. The Balaban J connectivity index is 1.80. The topological polar surface area (TPSA) is 83.8 Å². The van der Waals surface area contributed by atoms with E-state index < -0.39 is 0 Å². The van der Waals surface area contributed by atoms with Crippen LogP contribution in [0.1, 0.15) is 25.3 Å². The van der Waals surface area contributed by atoms with Crippen LogP contribution < -0.4 is 10.6 Å². The summed E-state index contributed by atoms with van der Waals surface area (Å²) in [6, 6.07) is 0.315. The third kappa shape index (κ3) is 5.43. The van der Waals surface area contributed by atoms with Crippen molar-refractivity contribution in [1.29, 1.82) is 0 Å². The summed E-state index contributed by atoms with van der Waals surface area (Å²) in [4.78, 5) is 17.9. The first kappa shape index (κ1) is 18.1. The number of carbonyl (C=O) groups is 1. The Bertz CT molecular complexity index is 549. The minimum atomic E-state index is -0.247. The molecule has 8 heteroatoms. The van der Waals surface area contributed by atoms with E-state index in [1.807, 2.05) is 30.9 Å². The average Bonchev–Trinajstić information content (AvgIpc) is 3.00. The van der Waals surface area contributed by atoms with E-state index in [1.54, 1.807) is 4.90 Å². The number of hydrogen-bond acceptors (Lipinski definition) is 4. The second-order valence-corrected chi connectivity index (χ2v) is 5.92. The first-order valence-corrected chi connectivity index (χ1v) is 8.49. The molecule has 1 aromatic rings. The molecule has 1 amide bonds. The normalized spacial score (nSPS) is 16.1. The second kappa shape index (κ2) is 9.14. The van der Waals surface area contributed by atoms with Gasteiger partial charge >= 0.3 is 6.09 Å². The molecular weight excluding hydrogens is 308 g/mol. The van der Waals surface area contributed by atoms with Crippen molar-refractivity contribution in [2.75, 3.05) is 33.3 Å². The molecule has 2 N–H and O–H groups in total. The molecule has 8 nitrogen and oxygen atoms in total. The molecule has 2 rings (SSSR count). The van der Waals surface area contributed by atoms with Crippen LogP contribution in [0.3, 0.4) is 0 Å². The number of hydrogen-bond donors (Lipinski definition) is 2. The second-order valence-electron chi connectivity index (χ2n) is 5.92. The summed E-state index contributed by atoms with van der Waals surface area (Å²) >= 11 is 0. The average molecular weight is 336 g/mol. The molecule has 134 valence electrons. The number of aliphatic imine (C=N–C) groups is 1. The largest absolute Gasteiger partial charge is 0.453 e. The SMILES string of the molecule is CCNC(=NCCn1cc(C)cn1)NC1CCN(C(=O)OC)CC1. The molecule has 1 saturated heterocycles. The lowest BCUT2D eigenvalue weighted by Gasteiger charge is -2.32. The van der Waals surface area contributed by atoms with Gasteiger partial charge in [0.05, 0.1) is 26.4 Å². The fraction of sp³-hybridized carbons (Fsp3) is 0.688. The minimum Gasteiger partial charge on any atom is -0.453 e. The van der Waals surface area contributed by atoms with Crippen LogP contribution in [0.25, 0.3) is 0 Å². The summed E-state index contributed by atoms with van der Waals surface area (Å²) < 4.78 is 6.66. The smallest absolute Gasteiger partial charge is 0.409 e. The molecule has 0 aromatic carbocycles. The third-order valence-electron chi connectivity index (χ3n) is 3.97. The van der Waals surface area contributed by atoms with Gasteiger partial charge in [-0.3, -0.25) is 9.67 Å². The maximum Gasteiger partial charge on any atom is 0.409 e. The van der Waals surface area contributed by atoms with Crippen LogP contribution in [-0.4, -0.2) is 66.1 Å². The van der Waals surface area contributed by atoms with Gasteiger partial charge in [-0.1, -0.05) is 0 Å². The summed E-state index contributed by atoms with van der Waals surface area (Å²) in [6.45, 7) is 7.72. The lowest BCUT2D eigenvalue weighted by molar-refractivity contribution is 0.111. The lowest BCUT2D eigenvalue weighted by atomic mass is 10.1. The molecule has 1 fully saturated rings. The molecule has 0 spiro atoms. The van der Waals surface area contributed by atoms with Crippen LogP contribution in [-0.2, 0) is 11.3 Å². The first-order chi connectivity index (χ1) is 11.6. The number of ether oxygens (including phenoxy) is 1. The van der Waals surface area contributed by atoms with Gasteiger partial charge < -0.3 is 20.3 Å². The monoisotopic (exact) mass is 336 g/mol. The number of carbonyl (C=O) groups excluding carboxylic acids is 1. The Morgan fingerprint density at radius 3 is 2.79 bits per heavy atom. The highest BCUT2D eigenvalue weighted by atomic mass is 16.5. The maximum atomic E-state index is 11.5. The Kier molecular flexibility index (Phi) is 6.89. The number of aryl methyl sites for hydroxylation is 1. The van der Waals surface area contributed by atoms with Crippen molar-refractivity contribution in [3.05, 3.63) is 18.0 Å². The third-order valence-corrected chi connectivity index (χ3v) is 3.97. The van der Waals surface area contributed by atoms with E-state index in [-0.39, 0.29) is 6.09 Å². The number of nitrogens with one attached hydrogen (secondary N) is 2. The number of rotatable bonds is 5. The minimum absolute atomic E-state index is 0.247. The van der Waals surface area contributed by atoms with Crippen molar-refractivity contribution < 1.29 is 9.53 Å². The van der Waals surface area contributed by atoms with E-state index in [0.717, 1.165) is 37.5 Å². The van der Waals surface area contributed by atoms with Crippen molar-refractivity contribution in [2.45, 2.75) is 39.3 Å². The van der Waals surface area contributed by atoms with Crippen LogP contribution in [0.15, 0.2) is 17.4 Å². The zero-order valence-electron chi connectivity index (χ0n) is 14.8. The van der Waals surface area contributed by atoms with Gasteiger partial charge in [0.15, 0.2) is 5.96 Å². The number of guanidine groups is 1. The molecule has 1 aliphatic heterocycles. The Hall–Kier alpha value is -2.25. The number of likely N-dealkylation sites (tertiary alicyclic amines) is 1. The van der Waals surface area contributed by atoms with Crippen LogP contribution >= 0.6 is 0 Å². The molecule has 0 bridgehead atoms. The molecule has 0 unspecified atom stereocenters. The van der Waals surface area contributed by atoms with Gasteiger partial charge in [0.25, 0.3) is 0 Å². The number of amides is 1. The van der Waals surface area contributed by atoms with Crippen LogP contribution in [0, 0.1) is 6.92 Å². The number of aromatic nitrogens is 2. The van der Waals surface area contributed by atoms with E-state index >= 15 is 0 Å². The number of methoxy groups -OCH3 is 1. The highest BCUT2D eigenvalue weighted by molar-refractivity contribution is 5.80. The summed E-state index contributed by atoms with van der Waals surface area (Å²) in [5, 5.41) is 11.0. The molecule has 0 radical (unpaired) electrons. The first-order valence-electron chi connectivity index (χ1n) is 8.49. The predicted molar refractivity (Wildman–Crippen MR) is 93.1 cm³/mol. The Morgan fingerprint density at radius 1 is 1.46 bits per heavy atom. The summed E-state index contributed by atoms with van der Waals surface area (Å²) in [6.07, 6.45) is 5.39. The standard InChI is InChI=1S/C16H28N6O2/c1-4-17-15(18-7-10-22-12-13(2)11-19-22)20-14-5-8-21(9-6-14)16(23)24-3/h11-12,14H,4-10H2,1-3H3,(H2,17,18,20). The Morgan fingerprint density at radius 2 is 2.21 bits per heavy atom. The molecule has 1 aliphatic rings. The van der Waals surface area contributed by atoms with Gasteiger partial charge in [0, 0.05) is 31.9 Å².